The fourth-order valence-electron chi connectivity index (χ4n) is 0.811. The molecule has 0 aromatic heterocycles. The standard InChI is InChI=1S/C8H6O3S.Cs.H/c1-2-7-5-3-4-6-8(7)12(9,10)11;;/h1,3-6H,(H,9,10,11);;. The molecule has 1 N–H and O–H groups in total. The molecule has 1 aromatic carbocycles. The van der Waals surface area contributed by atoms with Gasteiger partial charge >= 0.3 is 68.9 Å². The normalized spacial score (nSPS) is 9.85. The molecule has 64 valence electrons. The summed E-state index contributed by atoms with van der Waals surface area (Å²) in [5.74, 6) is 2.16. The van der Waals surface area contributed by atoms with Gasteiger partial charge in [0.2, 0.25) is 0 Å². The third-order valence-electron chi connectivity index (χ3n) is 1.32. The monoisotopic (exact) mass is 316 g/mol. The molecule has 0 amide bonds. The first kappa shape index (κ1) is 13.7. The van der Waals surface area contributed by atoms with Gasteiger partial charge in [-0.25, -0.2) is 0 Å². The van der Waals surface area contributed by atoms with Crippen LogP contribution < -0.4 is 0 Å². The van der Waals surface area contributed by atoms with E-state index in [-0.39, 0.29) is 79.4 Å². The van der Waals surface area contributed by atoms with E-state index >= 15 is 0 Å². The Balaban J connectivity index is 0.00000144. The van der Waals surface area contributed by atoms with Crippen LogP contribution in [0.5, 0.6) is 0 Å². The van der Waals surface area contributed by atoms with Crippen molar-refractivity contribution in [2.75, 3.05) is 0 Å². The van der Waals surface area contributed by atoms with Crippen LogP contribution in [0.2, 0.25) is 0 Å². The number of rotatable bonds is 1. The van der Waals surface area contributed by atoms with Crippen molar-refractivity contribution in [1.82, 2.24) is 0 Å². The first-order valence-corrected chi connectivity index (χ1v) is 4.53. The zero-order valence-electron chi connectivity index (χ0n) is 6.06. The average Bonchev–Trinajstić information content (AvgIpc) is 2.03. The van der Waals surface area contributed by atoms with Gasteiger partial charge < -0.3 is 0 Å². The summed E-state index contributed by atoms with van der Waals surface area (Å²) < 4.78 is 30.0. The van der Waals surface area contributed by atoms with Crippen LogP contribution in [-0.2, 0) is 10.1 Å². The second-order valence-electron chi connectivity index (χ2n) is 2.12. The fraction of sp³-hybridized carbons (Fsp3) is 0. The van der Waals surface area contributed by atoms with Crippen LogP contribution in [0.25, 0.3) is 0 Å². The van der Waals surface area contributed by atoms with Gasteiger partial charge in [0.15, 0.2) is 0 Å². The molecule has 0 saturated carbocycles. The SMILES string of the molecule is C#Cc1ccccc1S(=O)(=O)O.[CsH]. The molecule has 0 unspecified atom stereocenters. The number of hydrogen-bond acceptors (Lipinski definition) is 2. The molecule has 0 spiro atoms. The van der Waals surface area contributed by atoms with Crippen LogP contribution in [0.3, 0.4) is 0 Å². The Bertz CT molecular complexity index is 431. The van der Waals surface area contributed by atoms with Gasteiger partial charge in [0.1, 0.15) is 4.90 Å². The van der Waals surface area contributed by atoms with E-state index in [1.54, 1.807) is 6.07 Å². The Hall–Kier alpha value is 0.742. The second-order valence-corrected chi connectivity index (χ2v) is 3.51. The molecule has 0 bridgehead atoms. The van der Waals surface area contributed by atoms with Crippen molar-refractivity contribution in [3.8, 4) is 12.3 Å². The summed E-state index contributed by atoms with van der Waals surface area (Å²) in [6, 6.07) is 5.79. The molecule has 0 radical (unpaired) electrons. The second kappa shape index (κ2) is 5.58. The van der Waals surface area contributed by atoms with Gasteiger partial charge in [0, 0.05) is 5.56 Å². The molecule has 3 nitrogen and oxygen atoms in total. The quantitative estimate of drug-likeness (QED) is 0.598. The van der Waals surface area contributed by atoms with Crippen LogP contribution in [0.15, 0.2) is 29.2 Å². The van der Waals surface area contributed by atoms with Gasteiger partial charge in [-0.05, 0) is 12.1 Å². The van der Waals surface area contributed by atoms with Crippen LogP contribution in [0.1, 0.15) is 5.56 Å². The maximum atomic E-state index is 10.7. The summed E-state index contributed by atoms with van der Waals surface area (Å²) in [6.45, 7) is 0. The van der Waals surface area contributed by atoms with Crippen LogP contribution in [0, 0.1) is 12.3 Å². The summed E-state index contributed by atoms with van der Waals surface area (Å²) in [7, 11) is -4.19. The van der Waals surface area contributed by atoms with Gasteiger partial charge in [-0.15, -0.1) is 6.42 Å². The van der Waals surface area contributed by atoms with Crippen molar-refractivity contribution in [2.24, 2.45) is 0 Å². The first-order valence-electron chi connectivity index (χ1n) is 3.09. The predicted octanol–water partition coefficient (Wildman–Crippen LogP) is 0.266. The average molecular weight is 316 g/mol. The molecule has 1 aromatic rings. The van der Waals surface area contributed by atoms with Crippen molar-refractivity contribution in [3.05, 3.63) is 29.8 Å². The van der Waals surface area contributed by atoms with Crippen LogP contribution in [0.4, 0.5) is 0 Å². The summed E-state index contributed by atoms with van der Waals surface area (Å²) in [5, 5.41) is 0. The summed E-state index contributed by atoms with van der Waals surface area (Å²) >= 11 is 0. The molecular formula is C8H7CsO3S. The minimum atomic E-state index is -4.19. The molecular weight excluding hydrogens is 309 g/mol. The van der Waals surface area contributed by atoms with Gasteiger partial charge in [-0.3, -0.25) is 4.55 Å². The van der Waals surface area contributed by atoms with Gasteiger partial charge in [0.05, 0.1) is 0 Å². The molecule has 1 rings (SSSR count). The van der Waals surface area contributed by atoms with E-state index < -0.39 is 10.1 Å². The van der Waals surface area contributed by atoms with Gasteiger partial charge in [-0.1, -0.05) is 18.1 Å². The number of benzene rings is 1. The van der Waals surface area contributed by atoms with Crippen molar-refractivity contribution in [2.45, 2.75) is 4.90 Å². The number of terminal acetylenes is 1. The van der Waals surface area contributed by atoms with E-state index in [0.717, 1.165) is 0 Å². The Labute approximate surface area is 136 Å². The summed E-state index contributed by atoms with van der Waals surface area (Å²) in [6.07, 6.45) is 5.02. The third kappa shape index (κ3) is 3.77. The first-order chi connectivity index (χ1) is 5.55. The van der Waals surface area contributed by atoms with Crippen molar-refractivity contribution >= 4 is 79.0 Å². The van der Waals surface area contributed by atoms with E-state index in [9.17, 15) is 8.42 Å². The van der Waals surface area contributed by atoms with Crippen LogP contribution >= 0.6 is 0 Å². The zero-order chi connectivity index (χ0) is 9.19. The summed E-state index contributed by atoms with van der Waals surface area (Å²) in [4.78, 5) is -0.229. The molecule has 0 heterocycles. The van der Waals surface area contributed by atoms with E-state index in [0.29, 0.717) is 0 Å². The van der Waals surface area contributed by atoms with E-state index in [2.05, 4.69) is 5.92 Å². The minimum absolute atomic E-state index is 0. The molecule has 0 fully saturated rings. The molecule has 0 saturated heterocycles. The molecule has 0 aliphatic carbocycles. The van der Waals surface area contributed by atoms with Crippen LogP contribution in [-0.4, -0.2) is 81.9 Å². The van der Waals surface area contributed by atoms with E-state index in [1.807, 2.05) is 0 Å². The Morgan fingerprint density at radius 2 is 1.85 bits per heavy atom. The van der Waals surface area contributed by atoms with Crippen molar-refractivity contribution < 1.29 is 13.0 Å². The molecule has 0 aliphatic heterocycles. The van der Waals surface area contributed by atoms with E-state index in [1.165, 1.54) is 18.2 Å². The summed E-state index contributed by atoms with van der Waals surface area (Å²) in [5.41, 5.74) is 0.167. The Morgan fingerprint density at radius 3 is 2.23 bits per heavy atom. The predicted molar refractivity (Wildman–Crippen MR) is 51.3 cm³/mol. The Kier molecular flexibility index (Phi) is 5.90. The third-order valence-corrected chi connectivity index (χ3v) is 2.23. The topological polar surface area (TPSA) is 54.4 Å². The number of hydrogen-bond donors (Lipinski definition) is 1. The van der Waals surface area contributed by atoms with Gasteiger partial charge in [-0.2, -0.15) is 8.42 Å². The molecule has 5 heteroatoms. The van der Waals surface area contributed by atoms with Crippen molar-refractivity contribution in [1.29, 1.82) is 0 Å². The van der Waals surface area contributed by atoms with Gasteiger partial charge in [0.25, 0.3) is 10.1 Å². The Morgan fingerprint density at radius 1 is 1.31 bits per heavy atom. The molecule has 0 aliphatic rings. The molecule has 13 heavy (non-hydrogen) atoms. The fourth-order valence-corrected chi connectivity index (χ4v) is 1.47. The van der Waals surface area contributed by atoms with E-state index in [4.69, 9.17) is 11.0 Å². The van der Waals surface area contributed by atoms with Crippen molar-refractivity contribution in [3.63, 3.8) is 0 Å². The maximum absolute atomic E-state index is 10.7. The molecule has 0 atom stereocenters. The zero-order valence-corrected chi connectivity index (χ0v) is 6.88.